The fraction of sp³-hybridized carbons (Fsp3) is 0.227. The van der Waals surface area contributed by atoms with E-state index >= 15 is 0 Å². The summed E-state index contributed by atoms with van der Waals surface area (Å²) in [4.78, 5) is 27.8. The minimum absolute atomic E-state index is 0.105. The third-order valence-corrected chi connectivity index (χ3v) is 5.22. The number of carbonyl (C=O) groups excluding carboxylic acids is 2. The lowest BCUT2D eigenvalue weighted by Crippen LogP contribution is -2.51. The lowest BCUT2D eigenvalue weighted by molar-refractivity contribution is 0.0499. The van der Waals surface area contributed by atoms with Gasteiger partial charge in [0.25, 0.3) is 5.91 Å². The zero-order chi connectivity index (χ0) is 19.0. The molecular formula is C22H21N3O2. The van der Waals surface area contributed by atoms with E-state index in [2.05, 4.69) is 5.10 Å². The number of ketones is 1. The van der Waals surface area contributed by atoms with Gasteiger partial charge in [-0.15, -0.1) is 0 Å². The molecule has 2 aromatic carbocycles. The molecule has 136 valence electrons. The summed E-state index contributed by atoms with van der Waals surface area (Å²) in [7, 11) is 0. The smallest absolute Gasteiger partial charge is 0.254 e. The molecule has 1 saturated heterocycles. The molecule has 0 radical (unpaired) electrons. The molecule has 1 amide bonds. The highest BCUT2D eigenvalue weighted by Gasteiger charge is 2.34. The van der Waals surface area contributed by atoms with Crippen molar-refractivity contribution in [3.05, 3.63) is 88.7 Å². The quantitative estimate of drug-likeness (QED) is 0.671. The Kier molecular flexibility index (Phi) is 4.36. The summed E-state index contributed by atoms with van der Waals surface area (Å²) in [5.74, 6) is -0.225. The van der Waals surface area contributed by atoms with Crippen molar-refractivity contribution in [3.8, 4) is 0 Å². The highest BCUT2D eigenvalue weighted by Crippen LogP contribution is 2.25. The van der Waals surface area contributed by atoms with Crippen LogP contribution in [0.2, 0.25) is 0 Å². The standard InChI is InChI=1S/C22H21N3O2/c1-15-8-9-17(12-16(15)2)21(26)19-6-3-4-7-20(19)22(27)24-13-18(14-24)25-11-5-10-23-25/h3-12,18H,13-14H2,1-2H3. The van der Waals surface area contributed by atoms with E-state index in [1.165, 1.54) is 0 Å². The molecule has 27 heavy (non-hydrogen) atoms. The van der Waals surface area contributed by atoms with Gasteiger partial charge in [0.05, 0.1) is 11.6 Å². The average molecular weight is 359 g/mol. The molecule has 0 bridgehead atoms. The average Bonchev–Trinajstić information content (AvgIpc) is 3.16. The summed E-state index contributed by atoms with van der Waals surface area (Å²) in [5, 5.41) is 4.23. The van der Waals surface area contributed by atoms with E-state index in [9.17, 15) is 9.59 Å². The first kappa shape index (κ1) is 17.2. The maximum atomic E-state index is 13.0. The molecule has 4 rings (SSSR count). The number of likely N-dealkylation sites (tertiary alicyclic amines) is 1. The van der Waals surface area contributed by atoms with Crippen LogP contribution >= 0.6 is 0 Å². The van der Waals surface area contributed by atoms with Crippen LogP contribution in [0.25, 0.3) is 0 Å². The van der Waals surface area contributed by atoms with Gasteiger partial charge in [0.15, 0.2) is 5.78 Å². The van der Waals surface area contributed by atoms with Crippen LogP contribution in [0.4, 0.5) is 0 Å². The van der Waals surface area contributed by atoms with Crippen LogP contribution in [0.5, 0.6) is 0 Å². The Hall–Kier alpha value is -3.21. The van der Waals surface area contributed by atoms with Crippen LogP contribution in [-0.4, -0.2) is 39.5 Å². The molecule has 3 aromatic rings. The lowest BCUT2D eigenvalue weighted by Gasteiger charge is -2.39. The van der Waals surface area contributed by atoms with Crippen molar-refractivity contribution in [3.63, 3.8) is 0 Å². The van der Waals surface area contributed by atoms with Crippen molar-refractivity contribution in [2.45, 2.75) is 19.9 Å². The molecule has 1 aromatic heterocycles. The zero-order valence-corrected chi connectivity index (χ0v) is 15.4. The molecule has 5 heteroatoms. The summed E-state index contributed by atoms with van der Waals surface area (Å²) >= 11 is 0. The van der Waals surface area contributed by atoms with Gasteiger partial charge in [0.1, 0.15) is 0 Å². The fourth-order valence-corrected chi connectivity index (χ4v) is 3.36. The third kappa shape index (κ3) is 3.16. The summed E-state index contributed by atoms with van der Waals surface area (Å²) in [6, 6.07) is 14.8. The van der Waals surface area contributed by atoms with Gasteiger partial charge in [-0.1, -0.05) is 30.3 Å². The van der Waals surface area contributed by atoms with Crippen LogP contribution in [0, 0.1) is 13.8 Å². The largest absolute Gasteiger partial charge is 0.334 e. The molecule has 0 atom stereocenters. The Balaban J connectivity index is 1.57. The van der Waals surface area contributed by atoms with Gasteiger partial charge in [-0.25, -0.2) is 0 Å². The maximum absolute atomic E-state index is 13.0. The Morgan fingerprint density at radius 1 is 0.963 bits per heavy atom. The van der Waals surface area contributed by atoms with E-state index in [-0.39, 0.29) is 17.7 Å². The molecule has 1 aliphatic heterocycles. The van der Waals surface area contributed by atoms with Crippen LogP contribution in [0.15, 0.2) is 60.9 Å². The van der Waals surface area contributed by atoms with E-state index < -0.39 is 0 Å². The van der Waals surface area contributed by atoms with E-state index in [0.29, 0.717) is 29.8 Å². The topological polar surface area (TPSA) is 55.2 Å². The molecular weight excluding hydrogens is 338 g/mol. The van der Waals surface area contributed by atoms with Crippen molar-refractivity contribution in [1.29, 1.82) is 0 Å². The Bertz CT molecular complexity index is 1000. The predicted molar refractivity (Wildman–Crippen MR) is 103 cm³/mol. The van der Waals surface area contributed by atoms with Crippen molar-refractivity contribution in [2.75, 3.05) is 13.1 Å². The van der Waals surface area contributed by atoms with Crippen LogP contribution in [0.1, 0.15) is 43.4 Å². The number of aryl methyl sites for hydroxylation is 2. The second-order valence-electron chi connectivity index (χ2n) is 7.02. The Morgan fingerprint density at radius 3 is 2.37 bits per heavy atom. The number of hydrogen-bond donors (Lipinski definition) is 0. The van der Waals surface area contributed by atoms with Crippen LogP contribution < -0.4 is 0 Å². The number of benzene rings is 2. The summed E-state index contributed by atoms with van der Waals surface area (Å²) in [5.41, 5.74) is 3.72. The number of nitrogens with zero attached hydrogens (tertiary/aromatic N) is 3. The Morgan fingerprint density at radius 2 is 1.70 bits per heavy atom. The minimum atomic E-state index is -0.119. The Labute approximate surface area is 158 Å². The van der Waals surface area contributed by atoms with Gasteiger partial charge in [-0.3, -0.25) is 14.3 Å². The molecule has 2 heterocycles. The van der Waals surface area contributed by atoms with Crippen molar-refractivity contribution < 1.29 is 9.59 Å². The minimum Gasteiger partial charge on any atom is -0.334 e. The number of hydrogen-bond acceptors (Lipinski definition) is 3. The van der Waals surface area contributed by atoms with Crippen molar-refractivity contribution in [2.24, 2.45) is 0 Å². The molecule has 0 spiro atoms. The first-order valence-corrected chi connectivity index (χ1v) is 9.04. The number of amides is 1. The van der Waals surface area contributed by atoms with Gasteiger partial charge >= 0.3 is 0 Å². The highest BCUT2D eigenvalue weighted by molar-refractivity contribution is 6.15. The molecule has 0 aliphatic carbocycles. The summed E-state index contributed by atoms with van der Waals surface area (Å²) in [6.07, 6.45) is 3.64. The predicted octanol–water partition coefficient (Wildman–Crippen LogP) is 3.43. The van der Waals surface area contributed by atoms with Gasteiger partial charge in [0.2, 0.25) is 0 Å². The number of carbonyl (C=O) groups is 2. The van der Waals surface area contributed by atoms with Crippen LogP contribution in [-0.2, 0) is 0 Å². The van der Waals surface area contributed by atoms with Gasteiger partial charge in [-0.2, -0.15) is 5.10 Å². The van der Waals surface area contributed by atoms with Gasteiger partial charge < -0.3 is 4.90 Å². The van der Waals surface area contributed by atoms with Crippen molar-refractivity contribution in [1.82, 2.24) is 14.7 Å². The first-order chi connectivity index (χ1) is 13.0. The molecule has 1 aliphatic rings. The van der Waals surface area contributed by atoms with E-state index in [1.54, 1.807) is 35.4 Å². The normalized spacial score (nSPS) is 14.1. The second kappa shape index (κ2) is 6.83. The molecule has 1 fully saturated rings. The third-order valence-electron chi connectivity index (χ3n) is 5.22. The molecule has 0 unspecified atom stereocenters. The van der Waals surface area contributed by atoms with E-state index in [0.717, 1.165) is 11.1 Å². The molecule has 0 saturated carbocycles. The van der Waals surface area contributed by atoms with Gasteiger partial charge in [-0.05, 0) is 43.2 Å². The number of rotatable bonds is 4. The molecule has 5 nitrogen and oxygen atoms in total. The SMILES string of the molecule is Cc1ccc(C(=O)c2ccccc2C(=O)N2CC(n3cccn3)C2)cc1C. The molecule has 0 N–H and O–H groups in total. The first-order valence-electron chi connectivity index (χ1n) is 9.04. The fourth-order valence-electron chi connectivity index (χ4n) is 3.36. The monoisotopic (exact) mass is 359 g/mol. The van der Waals surface area contributed by atoms with Gasteiger partial charge in [0, 0.05) is 36.6 Å². The van der Waals surface area contributed by atoms with E-state index in [4.69, 9.17) is 0 Å². The van der Waals surface area contributed by atoms with Crippen LogP contribution in [0.3, 0.4) is 0 Å². The number of aromatic nitrogens is 2. The zero-order valence-electron chi connectivity index (χ0n) is 15.4. The maximum Gasteiger partial charge on any atom is 0.254 e. The second-order valence-corrected chi connectivity index (χ2v) is 7.02. The summed E-state index contributed by atoms with van der Waals surface area (Å²) in [6.45, 7) is 5.21. The summed E-state index contributed by atoms with van der Waals surface area (Å²) < 4.78 is 1.87. The van der Waals surface area contributed by atoms with E-state index in [1.807, 2.05) is 49.0 Å². The lowest BCUT2D eigenvalue weighted by atomic mass is 9.94. The highest BCUT2D eigenvalue weighted by atomic mass is 16.2. The van der Waals surface area contributed by atoms with Crippen molar-refractivity contribution >= 4 is 11.7 Å².